The minimum absolute atomic E-state index is 0.0189. The fourth-order valence-corrected chi connectivity index (χ4v) is 6.45. The maximum atomic E-state index is 14.7. The lowest BCUT2D eigenvalue weighted by atomic mass is 9.81. The van der Waals surface area contributed by atoms with Gasteiger partial charge >= 0.3 is 6.18 Å². The highest BCUT2D eigenvalue weighted by Crippen LogP contribution is 2.40. The molecule has 172 valence electrons. The molecule has 0 saturated heterocycles. The van der Waals surface area contributed by atoms with Gasteiger partial charge in [0, 0.05) is 23.7 Å². The first kappa shape index (κ1) is 24.2. The smallest absolute Gasteiger partial charge is 0.379 e. The summed E-state index contributed by atoms with van der Waals surface area (Å²) in [6.07, 6.45) is -2.73. The predicted octanol–water partition coefficient (Wildman–Crippen LogP) is 4.98. The van der Waals surface area contributed by atoms with Crippen molar-refractivity contribution < 1.29 is 26.0 Å². The van der Waals surface area contributed by atoms with Crippen molar-refractivity contribution in [2.45, 2.75) is 48.2 Å². The number of likely N-dealkylation sites (N-methyl/N-ethyl adjacent to an activating group) is 1. The Morgan fingerprint density at radius 3 is 2.58 bits per heavy atom. The molecular weight excluding hydrogens is 478 g/mol. The Kier molecular flexibility index (Phi) is 7.19. The van der Waals surface area contributed by atoms with Crippen LogP contribution >= 0.6 is 22.9 Å². The van der Waals surface area contributed by atoms with Gasteiger partial charge in [-0.15, -0.1) is 11.3 Å². The van der Waals surface area contributed by atoms with Crippen LogP contribution in [0.25, 0.3) is 0 Å². The number of nitrogens with one attached hydrogen (secondary N) is 1. The Morgan fingerprint density at radius 2 is 2.00 bits per heavy atom. The van der Waals surface area contributed by atoms with Gasteiger partial charge in [0.1, 0.15) is 21.5 Å². The Balaban J connectivity index is 1.82. The van der Waals surface area contributed by atoms with Crippen LogP contribution in [0.5, 0.6) is 0 Å². The molecule has 3 atom stereocenters. The van der Waals surface area contributed by atoms with Gasteiger partial charge in [-0.3, -0.25) is 0 Å². The molecule has 1 aliphatic carbocycles. The second kappa shape index (κ2) is 9.21. The molecule has 1 N–H and O–H groups in total. The highest BCUT2D eigenvalue weighted by molar-refractivity contribution is 7.90. The maximum absolute atomic E-state index is 14.7. The van der Waals surface area contributed by atoms with Gasteiger partial charge in [-0.1, -0.05) is 11.6 Å². The van der Waals surface area contributed by atoms with E-state index in [1.165, 1.54) is 6.20 Å². The van der Waals surface area contributed by atoms with Crippen LogP contribution in [0.2, 0.25) is 5.02 Å². The molecule has 0 spiro atoms. The van der Waals surface area contributed by atoms with Gasteiger partial charge in [-0.25, -0.2) is 17.8 Å². The molecule has 1 aromatic heterocycles. The number of anilines is 1. The van der Waals surface area contributed by atoms with E-state index in [9.17, 15) is 26.0 Å². The zero-order valence-electron chi connectivity index (χ0n) is 16.8. The van der Waals surface area contributed by atoms with E-state index in [0.717, 1.165) is 23.5 Å². The van der Waals surface area contributed by atoms with Crippen LogP contribution in [0.1, 0.15) is 24.3 Å². The number of hydrogen-bond donors (Lipinski definition) is 1. The van der Waals surface area contributed by atoms with Gasteiger partial charge < -0.3 is 10.2 Å². The van der Waals surface area contributed by atoms with E-state index < -0.39 is 50.5 Å². The second-order valence-corrected chi connectivity index (χ2v) is 11.1. The average Bonchev–Trinajstić information content (AvgIpc) is 3.15. The number of halogens is 5. The van der Waals surface area contributed by atoms with E-state index in [4.69, 9.17) is 11.6 Å². The largest absolute Gasteiger partial charge is 0.391 e. The van der Waals surface area contributed by atoms with Crippen LogP contribution < -0.4 is 5.32 Å². The van der Waals surface area contributed by atoms with Crippen molar-refractivity contribution in [3.63, 3.8) is 0 Å². The third-order valence-electron chi connectivity index (χ3n) is 5.44. The summed E-state index contributed by atoms with van der Waals surface area (Å²) in [5.74, 6) is -2.83. The number of hydrogen-bond acceptors (Lipinski definition) is 6. The molecule has 31 heavy (non-hydrogen) atoms. The van der Waals surface area contributed by atoms with Crippen molar-refractivity contribution in [3.05, 3.63) is 39.6 Å². The molecule has 1 saturated carbocycles. The number of nitrogens with zero attached hydrogens (tertiary/aromatic N) is 2. The van der Waals surface area contributed by atoms with Crippen LogP contribution in [0, 0.1) is 11.7 Å². The molecule has 1 aromatic carbocycles. The average molecular weight is 500 g/mol. The van der Waals surface area contributed by atoms with Crippen molar-refractivity contribution in [1.82, 2.24) is 9.88 Å². The maximum Gasteiger partial charge on any atom is 0.391 e. The first-order chi connectivity index (χ1) is 14.4. The van der Waals surface area contributed by atoms with Crippen molar-refractivity contribution in [2.24, 2.45) is 5.92 Å². The lowest BCUT2D eigenvalue weighted by Gasteiger charge is -2.41. The van der Waals surface area contributed by atoms with E-state index in [1.807, 2.05) is 0 Å². The van der Waals surface area contributed by atoms with E-state index >= 15 is 0 Å². The van der Waals surface area contributed by atoms with Crippen molar-refractivity contribution in [1.29, 1.82) is 0 Å². The highest BCUT2D eigenvalue weighted by Gasteiger charge is 2.45. The molecule has 0 aliphatic heterocycles. The number of alkyl halides is 3. The van der Waals surface area contributed by atoms with Gasteiger partial charge in [-0.05, 0) is 45.5 Å². The lowest BCUT2D eigenvalue weighted by Crippen LogP contribution is -2.49. The summed E-state index contributed by atoms with van der Waals surface area (Å²) < 4.78 is 79.4. The molecule has 0 bridgehead atoms. The molecule has 0 unspecified atom stereocenters. The first-order valence-electron chi connectivity index (χ1n) is 9.48. The monoisotopic (exact) mass is 499 g/mol. The molecule has 3 rings (SSSR count). The number of rotatable bonds is 6. The third kappa shape index (κ3) is 5.68. The van der Waals surface area contributed by atoms with E-state index in [2.05, 4.69) is 10.3 Å². The fraction of sp³-hybridized carbons (Fsp3) is 0.526. The molecule has 1 aliphatic rings. The predicted molar refractivity (Wildman–Crippen MR) is 113 cm³/mol. The van der Waals surface area contributed by atoms with Crippen LogP contribution in [-0.4, -0.2) is 50.7 Å². The molecule has 0 amide bonds. The number of sulfone groups is 1. The van der Waals surface area contributed by atoms with E-state index in [1.54, 1.807) is 24.4 Å². The quantitative estimate of drug-likeness (QED) is 0.568. The zero-order valence-corrected chi connectivity index (χ0v) is 19.2. The molecule has 1 fully saturated rings. The molecular formula is C19H22ClF4N3O2S2. The highest BCUT2D eigenvalue weighted by atomic mass is 35.5. The van der Waals surface area contributed by atoms with Crippen LogP contribution in [0.3, 0.4) is 0 Å². The molecule has 2 aromatic rings. The molecule has 1 heterocycles. The van der Waals surface area contributed by atoms with E-state index in [0.29, 0.717) is 5.01 Å². The Bertz CT molecular complexity index is 1010. The van der Waals surface area contributed by atoms with Crippen LogP contribution in [0.15, 0.2) is 28.6 Å². The molecule has 5 nitrogen and oxygen atoms in total. The van der Waals surface area contributed by atoms with Gasteiger partial charge in [0.25, 0.3) is 0 Å². The Morgan fingerprint density at radius 1 is 1.29 bits per heavy atom. The van der Waals surface area contributed by atoms with Crippen molar-refractivity contribution in [2.75, 3.05) is 19.4 Å². The van der Waals surface area contributed by atoms with Crippen molar-refractivity contribution in [3.8, 4) is 0 Å². The normalized spacial score (nSPS) is 22.6. The first-order valence-corrected chi connectivity index (χ1v) is 12.4. The third-order valence-corrected chi connectivity index (χ3v) is 8.35. The minimum Gasteiger partial charge on any atom is -0.379 e. The number of aromatic nitrogens is 1. The van der Waals surface area contributed by atoms with Gasteiger partial charge in [-0.2, -0.15) is 13.2 Å². The summed E-state index contributed by atoms with van der Waals surface area (Å²) in [5, 5.41) is 4.96. The lowest BCUT2D eigenvalue weighted by molar-refractivity contribution is -0.186. The second-order valence-electron chi connectivity index (χ2n) is 7.78. The zero-order chi connectivity index (χ0) is 23.0. The van der Waals surface area contributed by atoms with Crippen molar-refractivity contribution >= 4 is 38.5 Å². The van der Waals surface area contributed by atoms with Gasteiger partial charge in [0.2, 0.25) is 0 Å². The van der Waals surface area contributed by atoms with Gasteiger partial charge in [0.05, 0.1) is 16.6 Å². The summed E-state index contributed by atoms with van der Waals surface area (Å²) >= 11 is 7.38. The number of thiazole rings is 1. The summed E-state index contributed by atoms with van der Waals surface area (Å²) in [5.41, 5.74) is 0.148. The summed E-state index contributed by atoms with van der Waals surface area (Å²) in [6, 6.07) is 1.17. The SMILES string of the molecule is CN(C)[C@H]1C[C@@H](C(F)(F)F)CC[C@@H]1Nc1cc(F)c(S(=O)(=O)Cc2nccs2)cc1Cl. The Hall–Kier alpha value is -1.43. The summed E-state index contributed by atoms with van der Waals surface area (Å²) in [6.45, 7) is 0. The molecule has 0 radical (unpaired) electrons. The summed E-state index contributed by atoms with van der Waals surface area (Å²) in [7, 11) is -0.629. The number of benzene rings is 1. The minimum atomic E-state index is -4.27. The molecule has 12 heteroatoms. The van der Waals surface area contributed by atoms with Crippen LogP contribution in [-0.2, 0) is 15.6 Å². The summed E-state index contributed by atoms with van der Waals surface area (Å²) in [4.78, 5) is 5.07. The Labute approximate surface area is 187 Å². The fourth-order valence-electron chi connectivity index (χ4n) is 3.82. The topological polar surface area (TPSA) is 62.3 Å². The van der Waals surface area contributed by atoms with Crippen LogP contribution in [0.4, 0.5) is 23.2 Å². The standard InChI is InChI=1S/C19H22ClF4N3O2S2/c1-27(2)16-7-11(19(22,23)24)3-4-14(16)26-15-9-13(21)17(8-12(15)20)31(28,29)10-18-25-5-6-30-18/h5-6,8-9,11,14,16,26H,3-4,7,10H2,1-2H3/t11-,14-,16-/m0/s1. The van der Waals surface area contributed by atoms with Gasteiger partial charge in [0.15, 0.2) is 9.84 Å². The van der Waals surface area contributed by atoms with E-state index in [-0.39, 0.29) is 30.0 Å².